The fourth-order valence-corrected chi connectivity index (χ4v) is 2.67. The van der Waals surface area contributed by atoms with Crippen LogP contribution in [0.15, 0.2) is 23.2 Å². The van der Waals surface area contributed by atoms with Crippen molar-refractivity contribution in [1.82, 2.24) is 15.1 Å². The second-order valence-electron chi connectivity index (χ2n) is 5.41. The van der Waals surface area contributed by atoms with Gasteiger partial charge in [0.05, 0.1) is 11.6 Å². The van der Waals surface area contributed by atoms with Gasteiger partial charge in [0.25, 0.3) is 0 Å². The molecule has 5 nitrogen and oxygen atoms in total. The van der Waals surface area contributed by atoms with Gasteiger partial charge in [-0.05, 0) is 24.6 Å². The van der Waals surface area contributed by atoms with Crippen molar-refractivity contribution in [3.05, 3.63) is 34.6 Å². The van der Waals surface area contributed by atoms with E-state index in [1.54, 1.807) is 19.1 Å². The molecule has 0 bridgehead atoms. The Morgan fingerprint density at radius 3 is 2.46 bits per heavy atom. The molecule has 1 aliphatic rings. The van der Waals surface area contributed by atoms with Crippen molar-refractivity contribution in [3.63, 3.8) is 0 Å². The van der Waals surface area contributed by atoms with Gasteiger partial charge in [-0.25, -0.2) is 9.38 Å². The minimum atomic E-state index is -0.424. The van der Waals surface area contributed by atoms with E-state index in [0.29, 0.717) is 19.6 Å². The van der Waals surface area contributed by atoms with Gasteiger partial charge in [-0.15, -0.1) is 24.0 Å². The zero-order valence-electron chi connectivity index (χ0n) is 13.9. The summed E-state index contributed by atoms with van der Waals surface area (Å²) in [5.41, 5.74) is 0.856. The Morgan fingerprint density at radius 2 is 1.92 bits per heavy atom. The predicted molar refractivity (Wildman–Crippen MR) is 105 cm³/mol. The third-order valence-corrected chi connectivity index (χ3v) is 4.04. The van der Waals surface area contributed by atoms with Crippen LogP contribution in [0, 0.1) is 5.82 Å². The number of hydrogen-bond donors (Lipinski definition) is 1. The third kappa shape index (κ3) is 5.77. The van der Waals surface area contributed by atoms with E-state index in [1.807, 2.05) is 11.8 Å². The first-order valence-electron chi connectivity index (χ1n) is 7.74. The third-order valence-electron chi connectivity index (χ3n) is 3.75. The topological polar surface area (TPSA) is 47.9 Å². The molecule has 1 aromatic carbocycles. The second kappa shape index (κ2) is 10.0. The van der Waals surface area contributed by atoms with Gasteiger partial charge in [-0.1, -0.05) is 17.7 Å². The van der Waals surface area contributed by atoms with Crippen LogP contribution in [-0.2, 0) is 11.3 Å². The second-order valence-corrected chi connectivity index (χ2v) is 5.82. The molecule has 1 saturated heterocycles. The number of halogens is 3. The van der Waals surface area contributed by atoms with Crippen molar-refractivity contribution in [2.75, 3.05) is 32.7 Å². The lowest BCUT2D eigenvalue weighted by Gasteiger charge is -2.36. The van der Waals surface area contributed by atoms with Crippen molar-refractivity contribution in [2.24, 2.45) is 4.99 Å². The van der Waals surface area contributed by atoms with Crippen LogP contribution in [0.25, 0.3) is 0 Å². The summed E-state index contributed by atoms with van der Waals surface area (Å²) < 4.78 is 13.2. The van der Waals surface area contributed by atoms with E-state index < -0.39 is 5.82 Å². The molecule has 1 aliphatic heterocycles. The molecule has 0 spiro atoms. The molecule has 24 heavy (non-hydrogen) atoms. The first kappa shape index (κ1) is 21.0. The van der Waals surface area contributed by atoms with Gasteiger partial charge in [-0.2, -0.15) is 0 Å². The number of nitrogens with zero attached hydrogens (tertiary/aromatic N) is 3. The summed E-state index contributed by atoms with van der Waals surface area (Å²) >= 11 is 5.80. The van der Waals surface area contributed by atoms with Gasteiger partial charge in [-0.3, -0.25) is 4.79 Å². The van der Waals surface area contributed by atoms with Gasteiger partial charge >= 0.3 is 0 Å². The van der Waals surface area contributed by atoms with Crippen LogP contribution in [0.1, 0.15) is 19.4 Å². The van der Waals surface area contributed by atoms with E-state index in [4.69, 9.17) is 11.6 Å². The fourth-order valence-electron chi connectivity index (χ4n) is 2.46. The minimum Gasteiger partial charge on any atom is -0.357 e. The molecule has 1 aromatic rings. The van der Waals surface area contributed by atoms with E-state index in [9.17, 15) is 9.18 Å². The molecule has 1 N–H and O–H groups in total. The zero-order chi connectivity index (χ0) is 16.8. The molecule has 1 amide bonds. The number of guanidine groups is 1. The first-order chi connectivity index (χ1) is 11.0. The molecular formula is C16H23ClFIN4O. The highest BCUT2D eigenvalue weighted by Gasteiger charge is 2.20. The SMILES string of the molecule is CCNC(=NCc1ccc(F)c(Cl)c1)N1CCN(C(C)=O)CC1.I. The van der Waals surface area contributed by atoms with E-state index in [1.165, 1.54) is 6.07 Å². The van der Waals surface area contributed by atoms with Gasteiger partial charge in [0.1, 0.15) is 5.82 Å². The summed E-state index contributed by atoms with van der Waals surface area (Å²) in [6.45, 7) is 7.67. The molecule has 0 atom stereocenters. The molecule has 0 unspecified atom stereocenters. The Hall–Kier alpha value is -1.09. The highest BCUT2D eigenvalue weighted by atomic mass is 127. The fraction of sp³-hybridized carbons (Fsp3) is 0.500. The standard InChI is InChI=1S/C16H22ClFN4O.HI/c1-3-19-16(22-8-6-21(7-9-22)12(2)23)20-11-13-4-5-15(18)14(17)10-13;/h4-5,10H,3,6-9,11H2,1-2H3,(H,19,20);1H. The summed E-state index contributed by atoms with van der Waals surface area (Å²) in [6, 6.07) is 4.63. The average molecular weight is 469 g/mol. The number of piperazine rings is 1. The molecule has 1 fully saturated rings. The Labute approximate surface area is 164 Å². The molecule has 1 heterocycles. The zero-order valence-corrected chi connectivity index (χ0v) is 17.0. The van der Waals surface area contributed by atoms with Crippen molar-refractivity contribution >= 4 is 47.4 Å². The number of carbonyl (C=O) groups is 1. The smallest absolute Gasteiger partial charge is 0.219 e. The minimum absolute atomic E-state index is 0. The van der Waals surface area contributed by atoms with Gasteiger partial charge < -0.3 is 15.1 Å². The lowest BCUT2D eigenvalue weighted by molar-refractivity contribution is -0.130. The first-order valence-corrected chi connectivity index (χ1v) is 8.11. The summed E-state index contributed by atoms with van der Waals surface area (Å²) in [5, 5.41) is 3.37. The van der Waals surface area contributed by atoms with Crippen LogP contribution in [0.5, 0.6) is 0 Å². The predicted octanol–water partition coefficient (Wildman–Crippen LogP) is 2.73. The Kier molecular flexibility index (Phi) is 8.75. The number of rotatable bonds is 3. The molecule has 2 rings (SSSR count). The van der Waals surface area contributed by atoms with E-state index in [-0.39, 0.29) is 34.9 Å². The van der Waals surface area contributed by atoms with Gasteiger partial charge in [0.2, 0.25) is 5.91 Å². The quantitative estimate of drug-likeness (QED) is 0.422. The lowest BCUT2D eigenvalue weighted by atomic mass is 10.2. The molecule has 0 radical (unpaired) electrons. The maximum absolute atomic E-state index is 13.2. The van der Waals surface area contributed by atoms with Crippen LogP contribution in [0.3, 0.4) is 0 Å². The largest absolute Gasteiger partial charge is 0.357 e. The van der Waals surface area contributed by atoms with Crippen LogP contribution in [0.4, 0.5) is 4.39 Å². The summed E-state index contributed by atoms with van der Waals surface area (Å²) in [6.07, 6.45) is 0. The maximum Gasteiger partial charge on any atom is 0.219 e. The highest BCUT2D eigenvalue weighted by Crippen LogP contribution is 2.16. The Balaban J connectivity index is 0.00000288. The number of amides is 1. The molecule has 0 aromatic heterocycles. The van der Waals surface area contributed by atoms with E-state index in [2.05, 4.69) is 15.2 Å². The molecule has 0 aliphatic carbocycles. The van der Waals surface area contributed by atoms with Crippen molar-refractivity contribution in [3.8, 4) is 0 Å². The maximum atomic E-state index is 13.2. The van der Waals surface area contributed by atoms with Gasteiger partial charge in [0.15, 0.2) is 5.96 Å². The van der Waals surface area contributed by atoms with Crippen molar-refractivity contribution in [2.45, 2.75) is 20.4 Å². The number of aliphatic imine (C=N–C) groups is 1. The van der Waals surface area contributed by atoms with Crippen molar-refractivity contribution in [1.29, 1.82) is 0 Å². The van der Waals surface area contributed by atoms with Crippen LogP contribution < -0.4 is 5.32 Å². The molecule has 8 heteroatoms. The van der Waals surface area contributed by atoms with E-state index >= 15 is 0 Å². The molecule has 134 valence electrons. The summed E-state index contributed by atoms with van der Waals surface area (Å²) in [5.74, 6) is 0.482. The van der Waals surface area contributed by atoms with Crippen LogP contribution in [0.2, 0.25) is 5.02 Å². The van der Waals surface area contributed by atoms with Crippen LogP contribution >= 0.6 is 35.6 Å². The monoisotopic (exact) mass is 468 g/mol. The van der Waals surface area contributed by atoms with Crippen LogP contribution in [-0.4, -0.2) is 54.4 Å². The number of carbonyl (C=O) groups excluding carboxylic acids is 1. The lowest BCUT2D eigenvalue weighted by Crippen LogP contribution is -2.53. The number of hydrogen-bond acceptors (Lipinski definition) is 2. The van der Waals surface area contributed by atoms with Crippen molar-refractivity contribution < 1.29 is 9.18 Å². The highest BCUT2D eigenvalue weighted by molar-refractivity contribution is 14.0. The number of nitrogens with one attached hydrogen (secondary N) is 1. The van der Waals surface area contributed by atoms with Gasteiger partial charge in [0, 0.05) is 39.6 Å². The molecule has 0 saturated carbocycles. The normalized spacial score (nSPS) is 15.1. The summed E-state index contributed by atoms with van der Waals surface area (Å²) in [7, 11) is 0. The molecular weight excluding hydrogens is 446 g/mol. The average Bonchev–Trinajstić information content (AvgIpc) is 2.54. The van der Waals surface area contributed by atoms with E-state index in [0.717, 1.165) is 31.2 Å². The Bertz CT molecular complexity index is 591. The number of benzene rings is 1. The Morgan fingerprint density at radius 1 is 1.29 bits per heavy atom. The summed E-state index contributed by atoms with van der Waals surface area (Å²) in [4.78, 5) is 20.0.